The van der Waals surface area contributed by atoms with E-state index in [0.717, 1.165) is 6.42 Å². The minimum absolute atomic E-state index is 0. The Hall–Kier alpha value is 3.31. The van der Waals surface area contributed by atoms with Gasteiger partial charge in [-0.1, -0.05) is 45.4 Å². The summed E-state index contributed by atoms with van der Waals surface area (Å²) in [5, 5.41) is 8.47. The van der Waals surface area contributed by atoms with Crippen molar-refractivity contribution < 1.29 is 131 Å². The Morgan fingerprint density at radius 3 is 1.53 bits per heavy atom. The normalized spacial score (nSPS) is 10.3. The number of hydrogen-bond donors (Lipinski definition) is 1. The third-order valence-corrected chi connectivity index (χ3v) is 2.96. The van der Waals surface area contributed by atoms with Crippen molar-refractivity contribution in [3.63, 3.8) is 0 Å². The van der Waals surface area contributed by atoms with Gasteiger partial charge in [0.2, 0.25) is 0 Å². The van der Waals surface area contributed by atoms with Gasteiger partial charge in [0.05, 0.1) is 0 Å². The molecular weight excluding hydrogens is 344 g/mol. The maximum atomic E-state index is 9.24. The standard InChI is InChI=1S/C9H20O.2K.O5P2/c1-2-3-4-5-6-7-8-9-10;;;1-6(2)5-7(3)4/h10H,2-9H2,1H3;;;/q;2*+1;. The predicted molar refractivity (Wildman–Crippen MR) is 61.4 cm³/mol. The number of hydrogen-bond acceptors (Lipinski definition) is 6. The van der Waals surface area contributed by atoms with Crippen LogP contribution in [0.4, 0.5) is 0 Å². The van der Waals surface area contributed by atoms with Crippen molar-refractivity contribution in [2.75, 3.05) is 6.61 Å². The molecule has 0 aliphatic rings. The number of aliphatic hydroxyl groups is 1. The fourth-order valence-electron chi connectivity index (χ4n) is 1.12. The summed E-state index contributed by atoms with van der Waals surface area (Å²) < 4.78 is 21.6. The van der Waals surface area contributed by atoms with Gasteiger partial charge in [0.25, 0.3) is 0 Å². The summed E-state index contributed by atoms with van der Waals surface area (Å²) in [4.78, 5) is 18.5. The summed E-state index contributed by atoms with van der Waals surface area (Å²) in [6.45, 7) is 2.60. The van der Waals surface area contributed by atoms with Gasteiger partial charge < -0.3 is 14.9 Å². The van der Waals surface area contributed by atoms with Gasteiger partial charge in [-0.05, 0) is 15.6 Å². The van der Waals surface area contributed by atoms with Crippen LogP contribution < -0.4 is 113 Å². The van der Waals surface area contributed by atoms with E-state index in [1.165, 1.54) is 38.5 Å². The van der Waals surface area contributed by atoms with Crippen LogP contribution in [-0.4, -0.2) is 11.7 Å². The van der Waals surface area contributed by atoms with Crippen LogP contribution in [-0.2, 0) is 13.4 Å². The van der Waals surface area contributed by atoms with E-state index in [1.54, 1.807) is 0 Å². The van der Waals surface area contributed by atoms with Crippen LogP contribution >= 0.6 is 16.5 Å². The summed E-state index contributed by atoms with van der Waals surface area (Å²) in [5.74, 6) is 0. The van der Waals surface area contributed by atoms with Gasteiger partial charge in [0.1, 0.15) is 4.31 Å². The molecule has 102 valence electrons. The van der Waals surface area contributed by atoms with E-state index < -0.39 is 16.5 Å². The number of unbranched alkanes of at least 4 members (excludes halogenated alkanes) is 6. The summed E-state index contributed by atoms with van der Waals surface area (Å²) in [5.41, 5.74) is 0. The second-order valence-corrected chi connectivity index (χ2v) is 4.92. The molecule has 0 saturated carbocycles. The zero-order valence-electron chi connectivity index (χ0n) is 12.0. The Balaban J connectivity index is -0.000000112. The van der Waals surface area contributed by atoms with Crippen LogP contribution in [0.3, 0.4) is 0 Å². The van der Waals surface area contributed by atoms with Crippen LogP contribution in [0.1, 0.15) is 51.9 Å². The van der Waals surface area contributed by atoms with E-state index in [1.807, 2.05) is 0 Å². The molecule has 0 spiro atoms. The topological polar surface area (TPSA) is 110 Å². The maximum Gasteiger partial charge on any atom is 1.00 e. The third-order valence-electron chi connectivity index (χ3n) is 1.90. The molecule has 6 nitrogen and oxygen atoms in total. The van der Waals surface area contributed by atoms with Crippen molar-refractivity contribution >= 4 is 16.5 Å². The van der Waals surface area contributed by atoms with Crippen LogP contribution in [0, 0.1) is 0 Å². The fourth-order valence-corrected chi connectivity index (χ4v) is 1.56. The third kappa shape index (κ3) is 38.8. The molecule has 0 aliphatic heterocycles. The molecule has 0 fully saturated rings. The molecule has 1 N–H and O–H groups in total. The van der Waals surface area contributed by atoms with E-state index >= 15 is 0 Å². The fraction of sp³-hybridized carbons (Fsp3) is 1.00. The number of rotatable bonds is 9. The van der Waals surface area contributed by atoms with Crippen LogP contribution in [0.15, 0.2) is 0 Å². The van der Waals surface area contributed by atoms with E-state index in [2.05, 4.69) is 11.2 Å². The Kier molecular flexibility index (Phi) is 41.7. The molecule has 0 radical (unpaired) electrons. The molecule has 0 bridgehead atoms. The SMILES string of the molecule is CCCCCCCCCO.O=[P+]([O-])O[P+](=O)[O-].[K+].[K+]. The molecule has 19 heavy (non-hydrogen) atoms. The minimum atomic E-state index is -3.24. The van der Waals surface area contributed by atoms with E-state index in [-0.39, 0.29) is 103 Å². The first kappa shape index (κ1) is 30.2. The molecule has 0 aromatic heterocycles. The summed E-state index contributed by atoms with van der Waals surface area (Å²) in [6.07, 6.45) is 8.93. The molecule has 0 rings (SSSR count). The van der Waals surface area contributed by atoms with Crippen LogP contribution in [0.2, 0.25) is 0 Å². The van der Waals surface area contributed by atoms with E-state index in [4.69, 9.17) is 5.11 Å². The molecule has 2 unspecified atom stereocenters. The molecule has 0 saturated heterocycles. The molecule has 2 atom stereocenters. The van der Waals surface area contributed by atoms with Crippen molar-refractivity contribution in [2.45, 2.75) is 51.9 Å². The largest absolute Gasteiger partial charge is 1.00 e. The quantitative estimate of drug-likeness (QED) is 0.252. The van der Waals surface area contributed by atoms with Gasteiger partial charge in [-0.2, -0.15) is 0 Å². The minimum Gasteiger partial charge on any atom is -0.563 e. The van der Waals surface area contributed by atoms with Crippen molar-refractivity contribution in [3.05, 3.63) is 0 Å². The molecule has 0 aromatic rings. The molecule has 0 aromatic carbocycles. The monoisotopic (exact) mass is 364 g/mol. The van der Waals surface area contributed by atoms with Crippen molar-refractivity contribution in [3.8, 4) is 0 Å². The zero-order valence-corrected chi connectivity index (χ0v) is 20.1. The molecule has 0 amide bonds. The van der Waals surface area contributed by atoms with Crippen molar-refractivity contribution in [1.82, 2.24) is 0 Å². The summed E-state index contributed by atoms with van der Waals surface area (Å²) in [6, 6.07) is 0. The maximum absolute atomic E-state index is 9.24. The Bertz CT molecular complexity index is 189. The average Bonchev–Trinajstić information content (AvgIpc) is 2.22. The van der Waals surface area contributed by atoms with Crippen LogP contribution in [0.5, 0.6) is 0 Å². The van der Waals surface area contributed by atoms with Gasteiger partial charge in [-0.15, -0.1) is 0 Å². The Morgan fingerprint density at radius 1 is 0.895 bits per heavy atom. The van der Waals surface area contributed by atoms with E-state index in [0.29, 0.717) is 6.61 Å². The first-order chi connectivity index (χ1) is 8.04. The molecular formula is C9H20K2O6P2+2. The van der Waals surface area contributed by atoms with Gasteiger partial charge in [0.15, 0.2) is 0 Å². The number of aliphatic hydroxyl groups excluding tert-OH is 1. The molecule has 0 aliphatic carbocycles. The first-order valence-corrected chi connectivity index (χ1v) is 7.81. The van der Waals surface area contributed by atoms with Crippen LogP contribution in [0.25, 0.3) is 0 Å². The zero-order chi connectivity index (χ0) is 13.5. The second kappa shape index (κ2) is 26.2. The van der Waals surface area contributed by atoms with E-state index in [9.17, 15) is 18.9 Å². The smallest absolute Gasteiger partial charge is 0.563 e. The Morgan fingerprint density at radius 2 is 1.26 bits per heavy atom. The van der Waals surface area contributed by atoms with Crippen molar-refractivity contribution in [1.29, 1.82) is 0 Å². The van der Waals surface area contributed by atoms with Gasteiger partial charge in [-0.25, -0.2) is 0 Å². The Labute approximate surface area is 202 Å². The molecule has 10 heteroatoms. The second-order valence-electron chi connectivity index (χ2n) is 3.37. The summed E-state index contributed by atoms with van der Waals surface area (Å²) >= 11 is 0. The van der Waals surface area contributed by atoms with Crippen molar-refractivity contribution in [2.24, 2.45) is 0 Å². The summed E-state index contributed by atoms with van der Waals surface area (Å²) in [7, 11) is -6.47. The molecule has 0 heterocycles. The average molecular weight is 364 g/mol. The predicted octanol–water partition coefficient (Wildman–Crippen LogP) is -4.22. The van der Waals surface area contributed by atoms with Gasteiger partial charge >= 0.3 is 119 Å². The van der Waals surface area contributed by atoms with Gasteiger partial charge in [-0.3, -0.25) is 0 Å². The first-order valence-electron chi connectivity index (χ1n) is 5.62. The van der Waals surface area contributed by atoms with Gasteiger partial charge in [0, 0.05) is 6.61 Å².